The Labute approximate surface area is 128 Å². The molecule has 1 aromatic carbocycles. The van der Waals surface area contributed by atoms with E-state index in [4.69, 9.17) is 5.73 Å². The zero-order valence-electron chi connectivity index (χ0n) is 11.6. The van der Waals surface area contributed by atoms with Crippen LogP contribution in [0, 0.1) is 5.82 Å². The fourth-order valence-electron chi connectivity index (χ4n) is 1.71. The molecule has 7 heteroatoms. The number of nitrogens with two attached hydrogens (primary N) is 1. The van der Waals surface area contributed by atoms with Crippen molar-refractivity contribution < 1.29 is 9.18 Å². The minimum absolute atomic E-state index is 0. The Bertz CT molecular complexity index is 583. The molecule has 2 aromatic rings. The standard InChI is InChI=1S/C14H17FN4O.ClH/c1-10(16)14(20)17-8-6-12-7-9-19(18-12)13-4-2-11(15)3-5-13;/h2-5,7,9-10H,6,8,16H2,1H3,(H,17,20);1H/t10-;/m1./s1. The molecule has 5 nitrogen and oxygen atoms in total. The number of halogens is 2. The smallest absolute Gasteiger partial charge is 0.236 e. The van der Waals surface area contributed by atoms with E-state index in [9.17, 15) is 9.18 Å². The average molecular weight is 313 g/mol. The number of benzene rings is 1. The summed E-state index contributed by atoms with van der Waals surface area (Å²) in [7, 11) is 0. The van der Waals surface area contributed by atoms with Crippen molar-refractivity contribution in [2.75, 3.05) is 6.54 Å². The highest BCUT2D eigenvalue weighted by molar-refractivity contribution is 5.85. The van der Waals surface area contributed by atoms with Crippen LogP contribution >= 0.6 is 12.4 Å². The Kier molecular flexibility index (Phi) is 6.33. The van der Waals surface area contributed by atoms with E-state index in [1.165, 1.54) is 12.1 Å². The van der Waals surface area contributed by atoms with Crippen molar-refractivity contribution >= 4 is 18.3 Å². The van der Waals surface area contributed by atoms with Crippen LogP contribution < -0.4 is 11.1 Å². The Balaban J connectivity index is 0.00000220. The van der Waals surface area contributed by atoms with E-state index in [1.54, 1.807) is 29.9 Å². The molecule has 0 aliphatic carbocycles. The summed E-state index contributed by atoms with van der Waals surface area (Å²) in [6.07, 6.45) is 2.42. The molecule has 2 rings (SSSR count). The van der Waals surface area contributed by atoms with E-state index in [2.05, 4.69) is 10.4 Å². The van der Waals surface area contributed by atoms with Crippen molar-refractivity contribution in [1.29, 1.82) is 0 Å². The van der Waals surface area contributed by atoms with Crippen molar-refractivity contribution in [1.82, 2.24) is 15.1 Å². The third kappa shape index (κ3) is 4.84. The third-order valence-electron chi connectivity index (χ3n) is 2.83. The quantitative estimate of drug-likeness (QED) is 0.877. The maximum Gasteiger partial charge on any atom is 0.236 e. The number of hydrogen-bond donors (Lipinski definition) is 2. The first kappa shape index (κ1) is 17.1. The van der Waals surface area contributed by atoms with E-state index in [0.29, 0.717) is 13.0 Å². The predicted molar refractivity (Wildman–Crippen MR) is 81.1 cm³/mol. The second kappa shape index (κ2) is 7.75. The fourth-order valence-corrected chi connectivity index (χ4v) is 1.71. The molecule has 1 aromatic heterocycles. The van der Waals surface area contributed by atoms with Gasteiger partial charge in [0.1, 0.15) is 5.82 Å². The van der Waals surface area contributed by atoms with Crippen LogP contribution in [0.1, 0.15) is 12.6 Å². The largest absolute Gasteiger partial charge is 0.354 e. The van der Waals surface area contributed by atoms with Gasteiger partial charge < -0.3 is 11.1 Å². The fraction of sp³-hybridized carbons (Fsp3) is 0.286. The molecular weight excluding hydrogens is 295 g/mol. The minimum atomic E-state index is -0.508. The van der Waals surface area contributed by atoms with Gasteiger partial charge in [0.2, 0.25) is 5.91 Å². The molecule has 0 saturated heterocycles. The van der Waals surface area contributed by atoms with Gasteiger partial charge in [0.25, 0.3) is 0 Å². The number of carbonyl (C=O) groups excluding carboxylic acids is 1. The lowest BCUT2D eigenvalue weighted by Gasteiger charge is -2.06. The van der Waals surface area contributed by atoms with Gasteiger partial charge in [-0.05, 0) is 37.3 Å². The first-order valence-electron chi connectivity index (χ1n) is 6.40. The first-order chi connectivity index (χ1) is 9.56. The molecular formula is C14H18ClFN4O. The summed E-state index contributed by atoms with van der Waals surface area (Å²) in [5.74, 6) is -0.456. The second-order valence-corrected chi connectivity index (χ2v) is 4.56. The van der Waals surface area contributed by atoms with Gasteiger partial charge in [-0.25, -0.2) is 9.07 Å². The summed E-state index contributed by atoms with van der Waals surface area (Å²) in [6.45, 7) is 2.12. The molecule has 3 N–H and O–H groups in total. The molecule has 1 atom stereocenters. The normalized spacial score (nSPS) is 11.6. The van der Waals surface area contributed by atoms with Gasteiger partial charge in [0.05, 0.1) is 17.4 Å². The van der Waals surface area contributed by atoms with Gasteiger partial charge >= 0.3 is 0 Å². The molecule has 0 radical (unpaired) electrons. The summed E-state index contributed by atoms with van der Waals surface area (Å²) in [5.41, 5.74) is 7.08. The number of carbonyl (C=O) groups is 1. The topological polar surface area (TPSA) is 72.9 Å². The second-order valence-electron chi connectivity index (χ2n) is 4.56. The van der Waals surface area contributed by atoms with Crippen molar-refractivity contribution in [3.8, 4) is 5.69 Å². The minimum Gasteiger partial charge on any atom is -0.354 e. The summed E-state index contributed by atoms with van der Waals surface area (Å²) < 4.78 is 14.5. The SMILES string of the molecule is C[C@@H](N)C(=O)NCCc1ccn(-c2ccc(F)cc2)n1.Cl. The maximum atomic E-state index is 12.8. The maximum absolute atomic E-state index is 12.8. The van der Waals surface area contributed by atoms with Crippen molar-refractivity contribution in [3.05, 3.63) is 48.0 Å². The Morgan fingerprint density at radius 1 is 1.38 bits per heavy atom. The van der Waals surface area contributed by atoms with Crippen LogP contribution in [0.2, 0.25) is 0 Å². The first-order valence-corrected chi connectivity index (χ1v) is 6.40. The van der Waals surface area contributed by atoms with E-state index >= 15 is 0 Å². The molecule has 0 unspecified atom stereocenters. The number of aromatic nitrogens is 2. The van der Waals surface area contributed by atoms with Crippen LogP contribution in [0.3, 0.4) is 0 Å². The lowest BCUT2D eigenvalue weighted by molar-refractivity contribution is -0.121. The highest BCUT2D eigenvalue weighted by Gasteiger charge is 2.07. The molecule has 0 aliphatic heterocycles. The molecule has 1 amide bonds. The highest BCUT2D eigenvalue weighted by atomic mass is 35.5. The van der Waals surface area contributed by atoms with Gasteiger partial charge in [0, 0.05) is 19.2 Å². The van der Waals surface area contributed by atoms with Crippen molar-refractivity contribution in [2.24, 2.45) is 5.73 Å². The van der Waals surface area contributed by atoms with Crippen LogP contribution in [-0.4, -0.2) is 28.3 Å². The lowest BCUT2D eigenvalue weighted by atomic mass is 10.3. The number of hydrogen-bond acceptors (Lipinski definition) is 3. The number of amides is 1. The number of nitrogens with one attached hydrogen (secondary N) is 1. The highest BCUT2D eigenvalue weighted by Crippen LogP contribution is 2.09. The molecule has 1 heterocycles. The van der Waals surface area contributed by atoms with E-state index < -0.39 is 6.04 Å². The molecule has 21 heavy (non-hydrogen) atoms. The van der Waals surface area contributed by atoms with Crippen LogP contribution in [0.5, 0.6) is 0 Å². The van der Waals surface area contributed by atoms with E-state index in [0.717, 1.165) is 11.4 Å². The van der Waals surface area contributed by atoms with Gasteiger partial charge in [-0.1, -0.05) is 0 Å². The molecule has 0 saturated carbocycles. The van der Waals surface area contributed by atoms with E-state index in [1.807, 2.05) is 6.07 Å². The zero-order valence-corrected chi connectivity index (χ0v) is 12.4. The molecule has 114 valence electrons. The molecule has 0 aliphatic rings. The lowest BCUT2D eigenvalue weighted by Crippen LogP contribution is -2.39. The van der Waals surface area contributed by atoms with Crippen molar-refractivity contribution in [3.63, 3.8) is 0 Å². The van der Waals surface area contributed by atoms with Gasteiger partial charge in [-0.15, -0.1) is 12.4 Å². The average Bonchev–Trinajstić information content (AvgIpc) is 2.88. The third-order valence-corrected chi connectivity index (χ3v) is 2.83. The van der Waals surface area contributed by atoms with Crippen LogP contribution in [0.15, 0.2) is 36.5 Å². The zero-order chi connectivity index (χ0) is 14.5. The number of rotatable bonds is 5. The summed E-state index contributed by atoms with van der Waals surface area (Å²) in [4.78, 5) is 11.3. The van der Waals surface area contributed by atoms with Crippen LogP contribution in [0.4, 0.5) is 4.39 Å². The van der Waals surface area contributed by atoms with Gasteiger partial charge in [-0.3, -0.25) is 4.79 Å². The Morgan fingerprint density at radius 3 is 2.67 bits per heavy atom. The Morgan fingerprint density at radius 2 is 2.05 bits per heavy atom. The molecule has 0 bridgehead atoms. The monoisotopic (exact) mass is 312 g/mol. The summed E-state index contributed by atoms with van der Waals surface area (Å²) >= 11 is 0. The summed E-state index contributed by atoms with van der Waals surface area (Å²) in [6, 6.07) is 7.45. The van der Waals surface area contributed by atoms with Crippen molar-refractivity contribution in [2.45, 2.75) is 19.4 Å². The molecule has 0 fully saturated rings. The molecule has 0 spiro atoms. The van der Waals surface area contributed by atoms with Crippen LogP contribution in [0.25, 0.3) is 5.69 Å². The predicted octanol–water partition coefficient (Wildman–Crippen LogP) is 1.44. The van der Waals surface area contributed by atoms with Gasteiger partial charge in [0.15, 0.2) is 0 Å². The summed E-state index contributed by atoms with van der Waals surface area (Å²) in [5, 5.41) is 7.09. The van der Waals surface area contributed by atoms with E-state index in [-0.39, 0.29) is 24.1 Å². The Hall–Kier alpha value is -1.92. The van der Waals surface area contributed by atoms with Gasteiger partial charge in [-0.2, -0.15) is 5.10 Å². The number of nitrogens with zero attached hydrogens (tertiary/aromatic N) is 2. The van der Waals surface area contributed by atoms with Crippen LogP contribution in [-0.2, 0) is 11.2 Å².